The van der Waals surface area contributed by atoms with Gasteiger partial charge in [0, 0.05) is 67.1 Å². The molecule has 9 rings (SSSR count). The van der Waals surface area contributed by atoms with Gasteiger partial charge in [-0.05, 0) is 93.0 Å². The van der Waals surface area contributed by atoms with E-state index in [0.717, 1.165) is 68.1 Å². The fourth-order valence-corrected chi connectivity index (χ4v) is 7.16. The summed E-state index contributed by atoms with van der Waals surface area (Å²) in [6.07, 6.45) is 8.33. The van der Waals surface area contributed by atoms with Crippen LogP contribution in [0.1, 0.15) is 29.5 Å². The Kier molecular flexibility index (Phi) is 7.31. The summed E-state index contributed by atoms with van der Waals surface area (Å²) in [5.74, 6) is 1.41. The van der Waals surface area contributed by atoms with Gasteiger partial charge in [-0.2, -0.15) is 5.10 Å². The third-order valence-electron chi connectivity index (χ3n) is 9.84. The molecule has 2 unspecified atom stereocenters. The van der Waals surface area contributed by atoms with Gasteiger partial charge in [0.15, 0.2) is 5.82 Å². The number of benzene rings is 4. The van der Waals surface area contributed by atoms with Gasteiger partial charge < -0.3 is 4.90 Å². The summed E-state index contributed by atoms with van der Waals surface area (Å²) in [5, 5.41) is 23.9. The van der Waals surface area contributed by atoms with Crippen molar-refractivity contribution in [2.75, 3.05) is 19.0 Å². The van der Waals surface area contributed by atoms with Gasteiger partial charge >= 0.3 is 0 Å². The van der Waals surface area contributed by atoms with Gasteiger partial charge in [-0.3, -0.25) is 9.97 Å². The lowest BCUT2D eigenvalue weighted by atomic mass is 9.92. The predicted molar refractivity (Wildman–Crippen MR) is 201 cm³/mol. The van der Waals surface area contributed by atoms with E-state index in [1.54, 1.807) is 0 Å². The smallest absolute Gasteiger partial charge is 0.151 e. The minimum Gasteiger partial charge on any atom is -0.361 e. The summed E-state index contributed by atoms with van der Waals surface area (Å²) in [5.41, 5.74) is 10.4. The number of nitrogens with zero attached hydrogens (tertiary/aromatic N) is 7. The Labute approximate surface area is 290 Å². The van der Waals surface area contributed by atoms with Crippen LogP contribution in [-0.2, 0) is 0 Å². The molecule has 0 N–H and O–H groups in total. The monoisotopic (exact) mass is 647 g/mol. The number of rotatable bonds is 7. The summed E-state index contributed by atoms with van der Waals surface area (Å²) in [6, 6.07) is 40.6. The molecule has 50 heavy (non-hydrogen) atoms. The average Bonchev–Trinajstić information content (AvgIpc) is 3.98. The molecule has 8 aromatic rings. The van der Waals surface area contributed by atoms with Gasteiger partial charge in [0.2, 0.25) is 0 Å². The first-order valence-corrected chi connectivity index (χ1v) is 16.9. The van der Waals surface area contributed by atoms with Crippen molar-refractivity contribution in [1.82, 2.24) is 30.4 Å². The minimum atomic E-state index is 0.273. The standard InChI is InChI=1S/C43H33N7/c1-50(2)41-26-37(29-17-21-45-22-18-29)43(49-47-41)35-14-13-34(32-9-5-6-10-33(32)35)38-24-39(38)40-25-36(28-15-19-44-20-16-28)42(48-46-40)31-12-11-27-7-3-4-8-30(27)23-31/h3-23,25-26,38-39H,24H2,1-2H3. The molecule has 4 aromatic carbocycles. The van der Waals surface area contributed by atoms with Crippen molar-refractivity contribution in [3.8, 4) is 44.8 Å². The predicted octanol–water partition coefficient (Wildman–Crippen LogP) is 9.37. The molecular weight excluding hydrogens is 615 g/mol. The molecule has 0 radical (unpaired) electrons. The van der Waals surface area contributed by atoms with Crippen molar-refractivity contribution >= 4 is 27.4 Å². The highest BCUT2D eigenvalue weighted by Crippen LogP contribution is 2.56. The zero-order valence-corrected chi connectivity index (χ0v) is 27.8. The Balaban J connectivity index is 1.11. The van der Waals surface area contributed by atoms with Crippen LogP contribution in [0.4, 0.5) is 5.82 Å². The molecule has 1 aliphatic rings. The second kappa shape index (κ2) is 12.3. The maximum absolute atomic E-state index is 4.90. The SMILES string of the molecule is CN(C)c1cc(-c2ccncc2)c(-c2ccc(C3CC3c3cc(-c4ccncc4)c(-c4ccc5ccccc5c4)nn3)c3ccccc23)nn1. The van der Waals surface area contributed by atoms with Crippen LogP contribution in [0.3, 0.4) is 0 Å². The highest BCUT2D eigenvalue weighted by Gasteiger charge is 2.42. The van der Waals surface area contributed by atoms with Crippen LogP contribution in [-0.4, -0.2) is 44.5 Å². The lowest BCUT2D eigenvalue weighted by Gasteiger charge is -2.17. The van der Waals surface area contributed by atoms with E-state index < -0.39 is 0 Å². The summed E-state index contributed by atoms with van der Waals surface area (Å²) in [7, 11) is 3.97. The number of hydrogen-bond acceptors (Lipinski definition) is 7. The second-order valence-electron chi connectivity index (χ2n) is 13.1. The van der Waals surface area contributed by atoms with Crippen LogP contribution in [0.25, 0.3) is 66.3 Å². The van der Waals surface area contributed by atoms with Gasteiger partial charge in [-0.15, -0.1) is 15.3 Å². The quantitative estimate of drug-likeness (QED) is 0.171. The van der Waals surface area contributed by atoms with E-state index in [1.807, 2.05) is 55.9 Å². The van der Waals surface area contributed by atoms with Crippen molar-refractivity contribution in [2.24, 2.45) is 0 Å². The van der Waals surface area contributed by atoms with E-state index in [2.05, 4.69) is 118 Å². The van der Waals surface area contributed by atoms with Crippen LogP contribution < -0.4 is 4.90 Å². The Hall–Kier alpha value is -6.34. The van der Waals surface area contributed by atoms with E-state index in [4.69, 9.17) is 15.3 Å². The van der Waals surface area contributed by atoms with Crippen LogP contribution in [0.5, 0.6) is 0 Å². The number of anilines is 1. The topological polar surface area (TPSA) is 80.6 Å². The second-order valence-corrected chi connectivity index (χ2v) is 13.1. The van der Waals surface area contributed by atoms with E-state index in [0.29, 0.717) is 5.92 Å². The molecule has 4 aromatic heterocycles. The van der Waals surface area contributed by atoms with Crippen molar-refractivity contribution in [3.05, 3.63) is 151 Å². The van der Waals surface area contributed by atoms with Crippen molar-refractivity contribution < 1.29 is 0 Å². The Morgan fingerprint density at radius 2 is 1.16 bits per heavy atom. The first-order valence-electron chi connectivity index (χ1n) is 16.9. The zero-order chi connectivity index (χ0) is 33.6. The van der Waals surface area contributed by atoms with E-state index in [-0.39, 0.29) is 5.92 Å². The molecule has 0 amide bonds. The van der Waals surface area contributed by atoms with E-state index in [1.165, 1.54) is 21.7 Å². The summed E-state index contributed by atoms with van der Waals surface area (Å²) in [6.45, 7) is 0. The Morgan fingerprint density at radius 3 is 1.90 bits per heavy atom. The average molecular weight is 648 g/mol. The van der Waals surface area contributed by atoms with Gasteiger partial charge in [0.1, 0.15) is 11.4 Å². The molecule has 240 valence electrons. The van der Waals surface area contributed by atoms with Crippen LogP contribution >= 0.6 is 0 Å². The lowest BCUT2D eigenvalue weighted by molar-refractivity contribution is 0.895. The minimum absolute atomic E-state index is 0.273. The highest BCUT2D eigenvalue weighted by molar-refractivity contribution is 6.01. The van der Waals surface area contributed by atoms with Crippen LogP contribution in [0.2, 0.25) is 0 Å². The van der Waals surface area contributed by atoms with Gasteiger partial charge in [-0.1, -0.05) is 72.8 Å². The molecule has 0 spiro atoms. The van der Waals surface area contributed by atoms with Crippen molar-refractivity contribution in [3.63, 3.8) is 0 Å². The molecule has 0 aliphatic heterocycles. The molecular formula is C43H33N7. The number of hydrogen-bond donors (Lipinski definition) is 0. The van der Waals surface area contributed by atoms with E-state index in [9.17, 15) is 0 Å². The van der Waals surface area contributed by atoms with Crippen molar-refractivity contribution in [1.29, 1.82) is 0 Å². The van der Waals surface area contributed by atoms with Gasteiger partial charge in [-0.25, -0.2) is 0 Å². The lowest BCUT2D eigenvalue weighted by Crippen LogP contribution is -2.12. The Morgan fingerprint density at radius 1 is 0.500 bits per heavy atom. The van der Waals surface area contributed by atoms with Gasteiger partial charge in [0.05, 0.1) is 5.69 Å². The maximum Gasteiger partial charge on any atom is 0.151 e. The molecule has 0 bridgehead atoms. The molecule has 0 saturated heterocycles. The first-order chi connectivity index (χ1) is 24.6. The molecule has 4 heterocycles. The summed E-state index contributed by atoms with van der Waals surface area (Å²) < 4.78 is 0. The molecule has 1 saturated carbocycles. The third-order valence-corrected chi connectivity index (χ3v) is 9.84. The largest absolute Gasteiger partial charge is 0.361 e. The van der Waals surface area contributed by atoms with Crippen LogP contribution in [0.15, 0.2) is 140 Å². The number of fused-ring (bicyclic) bond motifs is 2. The molecule has 1 fully saturated rings. The molecule has 1 aliphatic carbocycles. The highest BCUT2D eigenvalue weighted by atomic mass is 15.2. The fourth-order valence-electron chi connectivity index (χ4n) is 7.16. The number of pyridine rings is 2. The number of aromatic nitrogens is 6. The van der Waals surface area contributed by atoms with Crippen molar-refractivity contribution in [2.45, 2.75) is 18.3 Å². The van der Waals surface area contributed by atoms with Crippen LogP contribution in [0, 0.1) is 0 Å². The normalized spacial score (nSPS) is 15.3. The summed E-state index contributed by atoms with van der Waals surface area (Å²) >= 11 is 0. The summed E-state index contributed by atoms with van der Waals surface area (Å²) in [4.78, 5) is 10.5. The maximum atomic E-state index is 4.90. The third kappa shape index (κ3) is 5.33. The zero-order valence-electron chi connectivity index (χ0n) is 27.8. The first kappa shape index (κ1) is 29.8. The molecule has 7 heteroatoms. The molecule has 2 atom stereocenters. The van der Waals surface area contributed by atoms with Gasteiger partial charge in [0.25, 0.3) is 0 Å². The molecule has 7 nitrogen and oxygen atoms in total. The van der Waals surface area contributed by atoms with E-state index >= 15 is 0 Å². The Bertz CT molecular complexity index is 2510. The fraction of sp³-hybridized carbons (Fsp3) is 0.116.